The maximum atomic E-state index is 11.6. The van der Waals surface area contributed by atoms with Crippen LogP contribution in [0.2, 0.25) is 0 Å². The Morgan fingerprint density at radius 3 is 2.58 bits per heavy atom. The molecule has 0 bridgehead atoms. The average Bonchev–Trinajstić information content (AvgIpc) is 2.38. The molecular formula is C13H14N4O2. The molecule has 2 amide bonds. The Hall–Kier alpha value is -2.68. The lowest BCUT2D eigenvalue weighted by Crippen LogP contribution is -2.20. The largest absolute Gasteiger partial charge is 0.326 e. The predicted molar refractivity (Wildman–Crippen MR) is 71.2 cm³/mol. The van der Waals surface area contributed by atoms with Crippen molar-refractivity contribution in [2.75, 3.05) is 5.32 Å². The highest BCUT2D eigenvalue weighted by Crippen LogP contribution is 2.05. The van der Waals surface area contributed by atoms with Crippen LogP contribution in [0.5, 0.6) is 0 Å². The van der Waals surface area contributed by atoms with Crippen molar-refractivity contribution in [1.29, 1.82) is 5.26 Å². The highest BCUT2D eigenvalue weighted by atomic mass is 16.2. The molecule has 0 radical (unpaired) electrons. The third-order valence-corrected chi connectivity index (χ3v) is 2.09. The first kappa shape index (κ1) is 14.4. The lowest BCUT2D eigenvalue weighted by molar-refractivity contribution is -0.120. The van der Waals surface area contributed by atoms with Gasteiger partial charge in [-0.3, -0.25) is 9.59 Å². The minimum absolute atomic E-state index is 0.0712. The lowest BCUT2D eigenvalue weighted by atomic mass is 10.2. The van der Waals surface area contributed by atoms with E-state index in [0.29, 0.717) is 11.4 Å². The molecule has 1 rings (SSSR count). The van der Waals surface area contributed by atoms with Crippen molar-refractivity contribution >= 4 is 23.2 Å². The molecule has 2 N–H and O–H groups in total. The zero-order chi connectivity index (χ0) is 14.1. The fourth-order valence-electron chi connectivity index (χ4n) is 1.27. The first-order chi connectivity index (χ1) is 9.11. The van der Waals surface area contributed by atoms with E-state index >= 15 is 0 Å². The topological polar surface area (TPSA) is 94.3 Å². The maximum Gasteiger partial charge on any atom is 0.254 e. The number of benzene rings is 1. The van der Waals surface area contributed by atoms with E-state index < -0.39 is 5.91 Å². The summed E-state index contributed by atoms with van der Waals surface area (Å²) in [6.07, 6.45) is -0.186. The van der Waals surface area contributed by atoms with Crippen molar-refractivity contribution in [2.24, 2.45) is 5.10 Å². The van der Waals surface area contributed by atoms with Crippen molar-refractivity contribution in [2.45, 2.75) is 19.8 Å². The Labute approximate surface area is 111 Å². The maximum absolute atomic E-state index is 11.6. The summed E-state index contributed by atoms with van der Waals surface area (Å²) < 4.78 is 0. The Bertz CT molecular complexity index is 517. The van der Waals surface area contributed by atoms with E-state index in [9.17, 15) is 9.59 Å². The Balaban J connectivity index is 2.42. The molecule has 6 heteroatoms. The van der Waals surface area contributed by atoms with Crippen LogP contribution in [0.1, 0.15) is 19.8 Å². The normalized spacial score (nSPS) is 10.4. The molecule has 98 valence electrons. The van der Waals surface area contributed by atoms with E-state index in [-0.39, 0.29) is 18.7 Å². The third kappa shape index (κ3) is 5.98. The van der Waals surface area contributed by atoms with Crippen LogP contribution in [0, 0.1) is 11.3 Å². The smallest absolute Gasteiger partial charge is 0.254 e. The number of carbonyl (C=O) groups is 2. The van der Waals surface area contributed by atoms with Gasteiger partial charge in [0, 0.05) is 11.4 Å². The molecule has 0 fully saturated rings. The lowest BCUT2D eigenvalue weighted by Gasteiger charge is -2.04. The molecule has 0 aliphatic carbocycles. The average molecular weight is 258 g/mol. The summed E-state index contributed by atoms with van der Waals surface area (Å²) in [6, 6.07) is 10.7. The highest BCUT2D eigenvalue weighted by molar-refractivity contribution is 6.05. The summed E-state index contributed by atoms with van der Waals surface area (Å²) in [5.41, 5.74) is 3.36. The van der Waals surface area contributed by atoms with Crippen molar-refractivity contribution < 1.29 is 9.59 Å². The summed E-state index contributed by atoms with van der Waals surface area (Å²) in [5.74, 6) is -0.715. The molecule has 0 saturated heterocycles. The Morgan fingerprint density at radius 1 is 1.26 bits per heavy atom. The van der Waals surface area contributed by atoms with E-state index in [1.165, 1.54) is 0 Å². The molecule has 1 aromatic carbocycles. The molecule has 0 spiro atoms. The number of nitriles is 1. The number of hydrogen-bond donors (Lipinski definition) is 2. The second-order valence-electron chi connectivity index (χ2n) is 3.81. The van der Waals surface area contributed by atoms with Crippen LogP contribution in [-0.2, 0) is 9.59 Å². The molecule has 0 aliphatic rings. The van der Waals surface area contributed by atoms with Gasteiger partial charge in [-0.25, -0.2) is 5.43 Å². The predicted octanol–water partition coefficient (Wildman–Crippen LogP) is 1.42. The van der Waals surface area contributed by atoms with Gasteiger partial charge >= 0.3 is 0 Å². The molecule has 0 unspecified atom stereocenters. The van der Waals surface area contributed by atoms with E-state index in [4.69, 9.17) is 5.26 Å². The molecule has 0 aromatic heterocycles. The molecule has 0 saturated carbocycles. The van der Waals surface area contributed by atoms with Gasteiger partial charge in [-0.2, -0.15) is 10.4 Å². The van der Waals surface area contributed by atoms with Gasteiger partial charge in [-0.1, -0.05) is 18.2 Å². The van der Waals surface area contributed by atoms with Crippen LogP contribution in [-0.4, -0.2) is 17.5 Å². The summed E-state index contributed by atoms with van der Waals surface area (Å²) in [7, 11) is 0. The van der Waals surface area contributed by atoms with Gasteiger partial charge in [0.05, 0.1) is 12.5 Å². The minimum Gasteiger partial charge on any atom is -0.326 e. The highest BCUT2D eigenvalue weighted by Gasteiger charge is 2.05. The number of rotatable bonds is 5. The molecule has 0 atom stereocenters. The zero-order valence-corrected chi connectivity index (χ0v) is 10.5. The monoisotopic (exact) mass is 258 g/mol. The molecule has 0 aliphatic heterocycles. The van der Waals surface area contributed by atoms with Crippen molar-refractivity contribution in [1.82, 2.24) is 5.43 Å². The quantitative estimate of drug-likeness (QED) is 0.617. The van der Waals surface area contributed by atoms with E-state index in [1.807, 2.05) is 18.2 Å². The van der Waals surface area contributed by atoms with Crippen LogP contribution >= 0.6 is 0 Å². The molecule has 1 aromatic rings. The first-order valence-corrected chi connectivity index (χ1v) is 5.65. The van der Waals surface area contributed by atoms with Crippen LogP contribution < -0.4 is 10.7 Å². The summed E-state index contributed by atoms with van der Waals surface area (Å²) >= 11 is 0. The molecular weight excluding hydrogens is 244 g/mol. The van der Waals surface area contributed by atoms with E-state index in [2.05, 4.69) is 15.8 Å². The molecule has 6 nitrogen and oxygen atoms in total. The fourth-order valence-corrected chi connectivity index (χ4v) is 1.27. The van der Waals surface area contributed by atoms with Crippen LogP contribution in [0.15, 0.2) is 35.4 Å². The van der Waals surface area contributed by atoms with Gasteiger partial charge in [0.1, 0.15) is 6.42 Å². The number of nitrogens with zero attached hydrogens (tertiary/aromatic N) is 2. The summed E-state index contributed by atoms with van der Waals surface area (Å²) in [5, 5.41) is 14.7. The van der Waals surface area contributed by atoms with Crippen LogP contribution in [0.25, 0.3) is 0 Å². The van der Waals surface area contributed by atoms with Gasteiger partial charge in [0.25, 0.3) is 5.91 Å². The van der Waals surface area contributed by atoms with Gasteiger partial charge in [-0.05, 0) is 19.1 Å². The number of para-hydroxylation sites is 1. The second kappa shape index (κ2) is 7.61. The summed E-state index contributed by atoms with van der Waals surface area (Å²) in [6.45, 7) is 1.62. The van der Waals surface area contributed by atoms with E-state index in [1.54, 1.807) is 25.1 Å². The van der Waals surface area contributed by atoms with E-state index in [0.717, 1.165) is 0 Å². The summed E-state index contributed by atoms with van der Waals surface area (Å²) in [4.78, 5) is 22.6. The second-order valence-corrected chi connectivity index (χ2v) is 3.81. The van der Waals surface area contributed by atoms with Crippen LogP contribution in [0.4, 0.5) is 5.69 Å². The van der Waals surface area contributed by atoms with Crippen LogP contribution in [0.3, 0.4) is 0 Å². The standard InChI is InChI=1S/C13H14N4O2/c1-10(16-17-12(18)7-8-14)9-13(19)15-11-5-3-2-4-6-11/h2-6H,7,9H2,1H3,(H,15,19)(H,17,18)/b16-10+. The number of hydrazone groups is 1. The number of carbonyl (C=O) groups excluding carboxylic acids is 2. The molecule has 19 heavy (non-hydrogen) atoms. The van der Waals surface area contributed by atoms with Gasteiger partial charge in [-0.15, -0.1) is 0 Å². The van der Waals surface area contributed by atoms with Gasteiger partial charge in [0.2, 0.25) is 5.91 Å². The SMILES string of the molecule is C/C(CC(=O)Nc1ccccc1)=N\NC(=O)CC#N. The van der Waals surface area contributed by atoms with Crippen molar-refractivity contribution in [3.8, 4) is 6.07 Å². The number of anilines is 1. The first-order valence-electron chi connectivity index (χ1n) is 5.65. The van der Waals surface area contributed by atoms with Crippen molar-refractivity contribution in [3.05, 3.63) is 30.3 Å². The number of hydrogen-bond acceptors (Lipinski definition) is 4. The Kier molecular flexibility index (Phi) is 5.76. The van der Waals surface area contributed by atoms with Gasteiger partial charge < -0.3 is 5.32 Å². The zero-order valence-electron chi connectivity index (χ0n) is 10.5. The number of amides is 2. The van der Waals surface area contributed by atoms with Crippen molar-refractivity contribution in [3.63, 3.8) is 0 Å². The fraction of sp³-hybridized carbons (Fsp3) is 0.231. The van der Waals surface area contributed by atoms with Gasteiger partial charge in [0.15, 0.2) is 0 Å². The third-order valence-electron chi connectivity index (χ3n) is 2.09. The number of nitrogens with one attached hydrogen (secondary N) is 2. The Morgan fingerprint density at radius 2 is 1.95 bits per heavy atom. The minimum atomic E-state index is -0.495. The molecule has 0 heterocycles.